The first-order chi connectivity index (χ1) is 7.31. The third-order valence-corrected chi connectivity index (χ3v) is 3.32. The van der Waals surface area contributed by atoms with Crippen molar-refractivity contribution in [3.63, 3.8) is 0 Å². The van der Waals surface area contributed by atoms with Gasteiger partial charge in [-0.3, -0.25) is 4.79 Å². The minimum Gasteiger partial charge on any atom is -0.344 e. The number of hydrogen-bond donors (Lipinski definition) is 0. The number of carbonyl (C=O) groups excluding carboxylic acids is 1. The normalized spacial score (nSPS) is 14.5. The molecular formula is C12H10ClNO. The van der Waals surface area contributed by atoms with E-state index in [0.717, 1.165) is 42.1 Å². The summed E-state index contributed by atoms with van der Waals surface area (Å²) in [4.78, 5) is 11.1. The van der Waals surface area contributed by atoms with Crippen molar-refractivity contribution in [1.82, 2.24) is 4.57 Å². The molecule has 3 heteroatoms. The molecule has 0 radical (unpaired) electrons. The van der Waals surface area contributed by atoms with Gasteiger partial charge in [-0.25, -0.2) is 0 Å². The molecule has 0 fully saturated rings. The third-order valence-electron chi connectivity index (χ3n) is 3.09. The fourth-order valence-corrected chi connectivity index (χ4v) is 2.64. The Labute approximate surface area is 92.5 Å². The summed E-state index contributed by atoms with van der Waals surface area (Å²) in [6.07, 6.45) is 3.09. The zero-order valence-electron chi connectivity index (χ0n) is 8.16. The van der Waals surface area contributed by atoms with Gasteiger partial charge in [0.15, 0.2) is 6.29 Å². The number of aldehydes is 1. The zero-order valence-corrected chi connectivity index (χ0v) is 8.92. The van der Waals surface area contributed by atoms with Crippen molar-refractivity contribution in [2.24, 2.45) is 0 Å². The van der Waals surface area contributed by atoms with Crippen LogP contribution in [0.15, 0.2) is 18.2 Å². The molecule has 0 unspecified atom stereocenters. The first-order valence-electron chi connectivity index (χ1n) is 5.07. The number of nitrogens with zero attached hydrogens (tertiary/aromatic N) is 1. The fourth-order valence-electron chi connectivity index (χ4n) is 2.47. The highest BCUT2D eigenvalue weighted by Crippen LogP contribution is 2.31. The number of fused-ring (bicyclic) bond motifs is 3. The van der Waals surface area contributed by atoms with E-state index >= 15 is 0 Å². The Morgan fingerprint density at radius 3 is 3.07 bits per heavy atom. The number of rotatable bonds is 1. The van der Waals surface area contributed by atoms with Gasteiger partial charge in [0.1, 0.15) is 0 Å². The van der Waals surface area contributed by atoms with Crippen LogP contribution < -0.4 is 0 Å². The van der Waals surface area contributed by atoms with E-state index in [2.05, 4.69) is 4.57 Å². The second-order valence-electron chi connectivity index (χ2n) is 3.89. The van der Waals surface area contributed by atoms with Gasteiger partial charge in [-0.05, 0) is 31.0 Å². The molecule has 0 aliphatic carbocycles. The van der Waals surface area contributed by atoms with Crippen molar-refractivity contribution in [1.29, 1.82) is 0 Å². The zero-order chi connectivity index (χ0) is 10.4. The number of carbonyl (C=O) groups is 1. The van der Waals surface area contributed by atoms with Crippen LogP contribution in [0.5, 0.6) is 0 Å². The lowest BCUT2D eigenvalue weighted by atomic mass is 10.1. The van der Waals surface area contributed by atoms with Gasteiger partial charge in [0.25, 0.3) is 0 Å². The second kappa shape index (κ2) is 3.11. The van der Waals surface area contributed by atoms with Crippen LogP contribution in [0.4, 0.5) is 0 Å². The first-order valence-corrected chi connectivity index (χ1v) is 5.45. The maximum atomic E-state index is 11.1. The number of aryl methyl sites for hydroxylation is 1. The van der Waals surface area contributed by atoms with Gasteiger partial charge in [-0.2, -0.15) is 0 Å². The molecule has 0 saturated heterocycles. The molecule has 0 spiro atoms. The predicted molar refractivity (Wildman–Crippen MR) is 60.7 cm³/mol. The highest BCUT2D eigenvalue weighted by Gasteiger charge is 2.20. The van der Waals surface area contributed by atoms with E-state index in [-0.39, 0.29) is 0 Å². The minimum absolute atomic E-state index is 0.690. The summed E-state index contributed by atoms with van der Waals surface area (Å²) in [5.74, 6) is 0. The molecule has 0 saturated carbocycles. The van der Waals surface area contributed by atoms with Gasteiger partial charge in [0.2, 0.25) is 0 Å². The Balaban J connectivity index is 2.46. The van der Waals surface area contributed by atoms with Crippen LogP contribution in [0.3, 0.4) is 0 Å². The second-order valence-corrected chi connectivity index (χ2v) is 4.33. The van der Waals surface area contributed by atoms with Gasteiger partial charge in [-0.15, -0.1) is 0 Å². The molecule has 3 rings (SSSR count). The van der Waals surface area contributed by atoms with Crippen LogP contribution in [0, 0.1) is 0 Å². The van der Waals surface area contributed by atoms with Crippen molar-refractivity contribution >= 4 is 28.8 Å². The maximum absolute atomic E-state index is 11.1. The Morgan fingerprint density at radius 1 is 1.40 bits per heavy atom. The van der Waals surface area contributed by atoms with Crippen molar-refractivity contribution in [3.05, 3.63) is 34.5 Å². The lowest BCUT2D eigenvalue weighted by Gasteiger charge is -1.99. The Hall–Kier alpha value is -1.28. The molecule has 2 aromatic rings. The smallest absolute Gasteiger partial charge is 0.152 e. The summed E-state index contributed by atoms with van der Waals surface area (Å²) < 4.78 is 2.23. The molecular weight excluding hydrogens is 210 g/mol. The van der Waals surface area contributed by atoms with Crippen LogP contribution in [0.1, 0.15) is 22.5 Å². The minimum atomic E-state index is 0.690. The van der Waals surface area contributed by atoms with E-state index in [1.165, 1.54) is 5.69 Å². The highest BCUT2D eigenvalue weighted by atomic mass is 35.5. The van der Waals surface area contributed by atoms with Gasteiger partial charge >= 0.3 is 0 Å². The maximum Gasteiger partial charge on any atom is 0.152 e. The highest BCUT2D eigenvalue weighted by molar-refractivity contribution is 6.31. The van der Waals surface area contributed by atoms with Crippen molar-refractivity contribution in [2.45, 2.75) is 19.4 Å². The van der Waals surface area contributed by atoms with Crippen LogP contribution in [-0.2, 0) is 13.0 Å². The van der Waals surface area contributed by atoms with Gasteiger partial charge < -0.3 is 4.57 Å². The van der Waals surface area contributed by atoms with Crippen LogP contribution >= 0.6 is 11.6 Å². The molecule has 1 aromatic heterocycles. The molecule has 0 bridgehead atoms. The Bertz CT molecular complexity index is 556. The molecule has 0 amide bonds. The Morgan fingerprint density at radius 2 is 2.27 bits per heavy atom. The lowest BCUT2D eigenvalue weighted by molar-refractivity contribution is 0.112. The largest absolute Gasteiger partial charge is 0.344 e. The molecule has 0 atom stereocenters. The van der Waals surface area contributed by atoms with Crippen molar-refractivity contribution < 1.29 is 4.79 Å². The molecule has 76 valence electrons. The molecule has 2 nitrogen and oxygen atoms in total. The van der Waals surface area contributed by atoms with E-state index in [0.29, 0.717) is 5.02 Å². The molecule has 1 aromatic carbocycles. The van der Waals surface area contributed by atoms with Gasteiger partial charge in [-0.1, -0.05) is 11.6 Å². The van der Waals surface area contributed by atoms with Gasteiger partial charge in [0.05, 0.1) is 0 Å². The van der Waals surface area contributed by atoms with E-state index in [4.69, 9.17) is 11.6 Å². The third kappa shape index (κ3) is 1.15. The molecule has 0 N–H and O–H groups in total. The van der Waals surface area contributed by atoms with E-state index in [9.17, 15) is 4.79 Å². The lowest BCUT2D eigenvalue weighted by Crippen LogP contribution is -1.91. The predicted octanol–water partition coefficient (Wildman–Crippen LogP) is 3.05. The van der Waals surface area contributed by atoms with Crippen LogP contribution in [-0.4, -0.2) is 10.9 Å². The monoisotopic (exact) mass is 219 g/mol. The number of benzene rings is 1. The SMILES string of the molecule is O=Cc1c2n(c3ccc(Cl)cc13)CCC2. The summed E-state index contributed by atoms with van der Waals surface area (Å²) >= 11 is 5.95. The Kier molecular flexibility index (Phi) is 1.86. The number of halogens is 1. The summed E-state index contributed by atoms with van der Waals surface area (Å²) in [5, 5.41) is 1.68. The summed E-state index contributed by atoms with van der Waals surface area (Å²) in [6, 6.07) is 5.76. The molecule has 1 aliphatic heterocycles. The average molecular weight is 220 g/mol. The summed E-state index contributed by atoms with van der Waals surface area (Å²) in [7, 11) is 0. The van der Waals surface area contributed by atoms with Crippen LogP contribution in [0.2, 0.25) is 5.02 Å². The van der Waals surface area contributed by atoms with Crippen molar-refractivity contribution in [3.8, 4) is 0 Å². The topological polar surface area (TPSA) is 22.0 Å². The summed E-state index contributed by atoms with van der Waals surface area (Å²) in [5.41, 5.74) is 3.13. The van der Waals surface area contributed by atoms with Crippen molar-refractivity contribution in [2.75, 3.05) is 0 Å². The number of hydrogen-bond acceptors (Lipinski definition) is 1. The summed E-state index contributed by atoms with van der Waals surface area (Å²) in [6.45, 7) is 1.02. The quantitative estimate of drug-likeness (QED) is 0.676. The number of aromatic nitrogens is 1. The van der Waals surface area contributed by atoms with Crippen LogP contribution in [0.25, 0.3) is 10.9 Å². The average Bonchev–Trinajstić information content (AvgIpc) is 2.76. The van der Waals surface area contributed by atoms with Gasteiger partial charge in [0, 0.05) is 33.7 Å². The first kappa shape index (κ1) is 8.98. The standard InChI is InChI=1S/C12H10ClNO/c13-8-3-4-12-9(6-8)10(7-15)11-2-1-5-14(11)12/h3-4,6-7H,1-2,5H2. The molecule has 2 heterocycles. The van der Waals surface area contributed by atoms with E-state index in [1.54, 1.807) is 0 Å². The van der Waals surface area contributed by atoms with E-state index in [1.807, 2.05) is 18.2 Å². The molecule has 15 heavy (non-hydrogen) atoms. The van der Waals surface area contributed by atoms with E-state index < -0.39 is 0 Å². The fraction of sp³-hybridized carbons (Fsp3) is 0.250. The molecule has 1 aliphatic rings.